The van der Waals surface area contributed by atoms with E-state index < -0.39 is 0 Å². The van der Waals surface area contributed by atoms with Gasteiger partial charge in [0, 0.05) is 6.54 Å². The van der Waals surface area contributed by atoms with Crippen LogP contribution in [0.4, 0.5) is 0 Å². The number of benzene rings is 1. The molecule has 98 valence electrons. The van der Waals surface area contributed by atoms with E-state index in [4.69, 9.17) is 0 Å². The first kappa shape index (κ1) is 13.3. The number of rotatable bonds is 4. The van der Waals surface area contributed by atoms with Gasteiger partial charge in [-0.25, -0.2) is 0 Å². The summed E-state index contributed by atoms with van der Waals surface area (Å²) in [5, 5.41) is 10.4. The summed E-state index contributed by atoms with van der Waals surface area (Å²) in [6, 6.07) is 10.0. The summed E-state index contributed by atoms with van der Waals surface area (Å²) in [5.41, 5.74) is 2.27. The van der Waals surface area contributed by atoms with Crippen LogP contribution < -0.4 is 0 Å². The van der Waals surface area contributed by atoms with Gasteiger partial charge in [0.1, 0.15) is 0 Å². The van der Waals surface area contributed by atoms with E-state index in [1.807, 2.05) is 30.3 Å². The SMILES string of the molecule is C=C(C)CN1CCC(C(O)c2ccccc2)CC1. The molecule has 18 heavy (non-hydrogen) atoms. The highest BCUT2D eigenvalue weighted by Gasteiger charge is 2.25. The van der Waals surface area contributed by atoms with Gasteiger partial charge in [-0.05, 0) is 44.3 Å². The van der Waals surface area contributed by atoms with Crippen LogP contribution in [-0.4, -0.2) is 29.6 Å². The van der Waals surface area contributed by atoms with E-state index in [9.17, 15) is 5.11 Å². The van der Waals surface area contributed by atoms with E-state index in [1.165, 1.54) is 5.57 Å². The zero-order valence-electron chi connectivity index (χ0n) is 11.2. The van der Waals surface area contributed by atoms with Gasteiger partial charge in [-0.15, -0.1) is 0 Å². The van der Waals surface area contributed by atoms with E-state index in [2.05, 4.69) is 18.4 Å². The minimum Gasteiger partial charge on any atom is -0.388 e. The molecule has 2 heteroatoms. The maximum Gasteiger partial charge on any atom is 0.0819 e. The predicted molar refractivity (Wildman–Crippen MR) is 75.4 cm³/mol. The van der Waals surface area contributed by atoms with Crippen LogP contribution in [0.3, 0.4) is 0 Å². The molecule has 1 heterocycles. The highest BCUT2D eigenvalue weighted by Crippen LogP contribution is 2.30. The van der Waals surface area contributed by atoms with Gasteiger partial charge < -0.3 is 5.11 Å². The maximum absolute atomic E-state index is 10.4. The summed E-state index contributed by atoms with van der Waals surface area (Å²) in [6.07, 6.45) is 1.84. The number of piperidine rings is 1. The minimum atomic E-state index is -0.307. The molecule has 1 N–H and O–H groups in total. The first-order valence-electron chi connectivity index (χ1n) is 6.76. The minimum absolute atomic E-state index is 0.307. The van der Waals surface area contributed by atoms with E-state index in [-0.39, 0.29) is 6.10 Å². The van der Waals surface area contributed by atoms with Crippen LogP contribution in [0.15, 0.2) is 42.5 Å². The smallest absolute Gasteiger partial charge is 0.0819 e. The first-order valence-corrected chi connectivity index (χ1v) is 6.76. The molecule has 0 aliphatic carbocycles. The predicted octanol–water partition coefficient (Wildman–Crippen LogP) is 3.01. The molecule has 1 aromatic carbocycles. The van der Waals surface area contributed by atoms with Crippen LogP contribution >= 0.6 is 0 Å². The number of hydrogen-bond acceptors (Lipinski definition) is 2. The van der Waals surface area contributed by atoms with Crippen LogP contribution in [0.1, 0.15) is 31.4 Å². The van der Waals surface area contributed by atoms with Gasteiger partial charge in [0.2, 0.25) is 0 Å². The second-order valence-corrected chi connectivity index (χ2v) is 5.43. The molecule has 1 atom stereocenters. The van der Waals surface area contributed by atoms with Crippen LogP contribution in [0.5, 0.6) is 0 Å². The lowest BCUT2D eigenvalue weighted by Gasteiger charge is -2.34. The van der Waals surface area contributed by atoms with Gasteiger partial charge >= 0.3 is 0 Å². The normalized spacial score (nSPS) is 19.7. The van der Waals surface area contributed by atoms with Crippen molar-refractivity contribution in [1.29, 1.82) is 0 Å². The van der Waals surface area contributed by atoms with Crippen molar-refractivity contribution >= 4 is 0 Å². The Labute approximate surface area is 110 Å². The van der Waals surface area contributed by atoms with E-state index in [1.54, 1.807) is 0 Å². The Morgan fingerprint density at radius 2 is 1.94 bits per heavy atom. The third kappa shape index (κ3) is 3.44. The second kappa shape index (κ2) is 6.17. The molecule has 1 aromatic rings. The van der Waals surface area contributed by atoms with Gasteiger partial charge in [0.15, 0.2) is 0 Å². The molecule has 1 saturated heterocycles. The fraction of sp³-hybridized carbons (Fsp3) is 0.500. The molecule has 0 spiro atoms. The molecular weight excluding hydrogens is 222 g/mol. The molecule has 0 radical (unpaired) electrons. The fourth-order valence-electron chi connectivity index (χ4n) is 2.73. The van der Waals surface area contributed by atoms with Crippen molar-refractivity contribution < 1.29 is 5.11 Å². The van der Waals surface area contributed by atoms with Crippen molar-refractivity contribution in [3.05, 3.63) is 48.0 Å². The van der Waals surface area contributed by atoms with Gasteiger partial charge in [-0.2, -0.15) is 0 Å². The van der Waals surface area contributed by atoms with Gasteiger partial charge in [0.05, 0.1) is 6.10 Å². The summed E-state index contributed by atoms with van der Waals surface area (Å²) in [6.45, 7) is 9.17. The highest BCUT2D eigenvalue weighted by molar-refractivity contribution is 5.18. The third-order valence-electron chi connectivity index (χ3n) is 3.71. The number of aliphatic hydroxyl groups excluding tert-OH is 1. The molecule has 1 aliphatic rings. The molecule has 1 aliphatic heterocycles. The van der Waals surface area contributed by atoms with Crippen molar-refractivity contribution in [2.24, 2.45) is 5.92 Å². The Balaban J connectivity index is 1.88. The lowest BCUT2D eigenvalue weighted by atomic mass is 9.87. The molecule has 1 fully saturated rings. The summed E-state index contributed by atoms with van der Waals surface area (Å²) in [7, 11) is 0. The molecule has 0 bridgehead atoms. The van der Waals surface area contributed by atoms with Crippen molar-refractivity contribution in [2.45, 2.75) is 25.9 Å². The second-order valence-electron chi connectivity index (χ2n) is 5.43. The van der Waals surface area contributed by atoms with Gasteiger partial charge in [-0.1, -0.05) is 42.5 Å². The first-order chi connectivity index (χ1) is 8.66. The molecule has 0 saturated carbocycles. The Morgan fingerprint density at radius 3 is 2.50 bits per heavy atom. The average Bonchev–Trinajstić information content (AvgIpc) is 2.39. The summed E-state index contributed by atoms with van der Waals surface area (Å²) < 4.78 is 0. The van der Waals surface area contributed by atoms with E-state index in [0.717, 1.165) is 38.0 Å². The lowest BCUT2D eigenvalue weighted by molar-refractivity contribution is 0.0615. The topological polar surface area (TPSA) is 23.5 Å². The molecule has 1 unspecified atom stereocenters. The monoisotopic (exact) mass is 245 g/mol. The Morgan fingerprint density at radius 1 is 1.33 bits per heavy atom. The average molecular weight is 245 g/mol. The van der Waals surface area contributed by atoms with Crippen molar-refractivity contribution in [1.82, 2.24) is 4.90 Å². The Hall–Kier alpha value is -1.12. The third-order valence-corrected chi connectivity index (χ3v) is 3.71. The molecular formula is C16H23NO. The Bertz CT molecular complexity index is 379. The van der Waals surface area contributed by atoms with Gasteiger partial charge in [-0.3, -0.25) is 4.90 Å². The van der Waals surface area contributed by atoms with Crippen LogP contribution in [-0.2, 0) is 0 Å². The van der Waals surface area contributed by atoms with Crippen molar-refractivity contribution in [2.75, 3.05) is 19.6 Å². The molecule has 0 amide bonds. The van der Waals surface area contributed by atoms with E-state index in [0.29, 0.717) is 5.92 Å². The largest absolute Gasteiger partial charge is 0.388 e. The summed E-state index contributed by atoms with van der Waals surface area (Å²) in [5.74, 6) is 0.397. The number of likely N-dealkylation sites (tertiary alicyclic amines) is 1. The lowest BCUT2D eigenvalue weighted by Crippen LogP contribution is -2.36. The molecule has 2 nitrogen and oxygen atoms in total. The number of aliphatic hydroxyl groups is 1. The quantitative estimate of drug-likeness (QED) is 0.824. The maximum atomic E-state index is 10.4. The molecule has 0 aromatic heterocycles. The fourth-order valence-corrected chi connectivity index (χ4v) is 2.73. The van der Waals surface area contributed by atoms with Gasteiger partial charge in [0.25, 0.3) is 0 Å². The number of hydrogen-bond donors (Lipinski definition) is 1. The van der Waals surface area contributed by atoms with Crippen molar-refractivity contribution in [3.63, 3.8) is 0 Å². The highest BCUT2D eigenvalue weighted by atomic mass is 16.3. The summed E-state index contributed by atoms with van der Waals surface area (Å²) >= 11 is 0. The Kier molecular flexibility index (Phi) is 4.56. The van der Waals surface area contributed by atoms with Crippen LogP contribution in [0, 0.1) is 5.92 Å². The van der Waals surface area contributed by atoms with Crippen LogP contribution in [0.2, 0.25) is 0 Å². The summed E-state index contributed by atoms with van der Waals surface area (Å²) in [4.78, 5) is 2.43. The van der Waals surface area contributed by atoms with Crippen LogP contribution in [0.25, 0.3) is 0 Å². The number of nitrogens with zero attached hydrogens (tertiary/aromatic N) is 1. The zero-order chi connectivity index (χ0) is 13.0. The van der Waals surface area contributed by atoms with Crippen molar-refractivity contribution in [3.8, 4) is 0 Å². The zero-order valence-corrected chi connectivity index (χ0v) is 11.2. The van der Waals surface area contributed by atoms with E-state index >= 15 is 0 Å². The molecule has 2 rings (SSSR count). The standard InChI is InChI=1S/C16H23NO/c1-13(2)12-17-10-8-15(9-11-17)16(18)14-6-4-3-5-7-14/h3-7,15-16,18H,1,8-12H2,2H3.